The number of phenolic OH excluding ortho intramolecular Hbond substituents is 1. The van der Waals surface area contributed by atoms with Crippen molar-refractivity contribution in [3.63, 3.8) is 0 Å². The molecule has 0 radical (unpaired) electrons. The van der Waals surface area contributed by atoms with Crippen LogP contribution in [0.3, 0.4) is 0 Å². The van der Waals surface area contributed by atoms with Crippen LogP contribution < -0.4 is 10.2 Å². The minimum Gasteiger partial charge on any atom is -0.506 e. The van der Waals surface area contributed by atoms with E-state index in [2.05, 4.69) is 20.1 Å². The summed E-state index contributed by atoms with van der Waals surface area (Å²) in [6, 6.07) is 7.39. The van der Waals surface area contributed by atoms with Gasteiger partial charge in [0.1, 0.15) is 5.75 Å². The molecule has 2 aliphatic heterocycles. The summed E-state index contributed by atoms with van der Waals surface area (Å²) in [5.41, 5.74) is 0.862. The van der Waals surface area contributed by atoms with Gasteiger partial charge in [-0.2, -0.15) is 0 Å². The van der Waals surface area contributed by atoms with Crippen LogP contribution in [0.4, 0.5) is 5.69 Å². The molecule has 3 rings (SSSR count). The summed E-state index contributed by atoms with van der Waals surface area (Å²) in [5, 5.41) is 13.3. The molecule has 2 fully saturated rings. The normalized spacial score (nSPS) is 23.7. The van der Waals surface area contributed by atoms with Crippen LogP contribution >= 0.6 is 0 Å². The molecule has 2 aliphatic rings. The second-order valence-electron chi connectivity index (χ2n) is 6.66. The molecular formula is C17H26N4O3S. The molecule has 2 N–H and O–H groups in total. The van der Waals surface area contributed by atoms with E-state index < -0.39 is 9.84 Å². The minimum atomic E-state index is -2.84. The van der Waals surface area contributed by atoms with E-state index in [0.717, 1.165) is 44.2 Å². The number of aliphatic imine (C=N–C) groups is 1. The first-order chi connectivity index (χ1) is 12.0. The Bertz CT molecular complexity index is 727. The van der Waals surface area contributed by atoms with Gasteiger partial charge in [0, 0.05) is 39.8 Å². The van der Waals surface area contributed by atoms with Crippen molar-refractivity contribution in [2.24, 2.45) is 10.9 Å². The van der Waals surface area contributed by atoms with Crippen molar-refractivity contribution in [3.8, 4) is 5.75 Å². The molecule has 0 saturated carbocycles. The molecule has 1 aromatic carbocycles. The van der Waals surface area contributed by atoms with E-state index in [9.17, 15) is 13.5 Å². The highest BCUT2D eigenvalue weighted by atomic mass is 32.2. The first-order valence-corrected chi connectivity index (χ1v) is 10.5. The average Bonchev–Trinajstić information content (AvgIpc) is 2.95. The summed E-state index contributed by atoms with van der Waals surface area (Å²) in [5.74, 6) is 1.88. The molecule has 0 amide bonds. The number of sulfone groups is 1. The smallest absolute Gasteiger partial charge is 0.193 e. The minimum absolute atomic E-state index is 0.171. The van der Waals surface area contributed by atoms with E-state index in [-0.39, 0.29) is 11.7 Å². The summed E-state index contributed by atoms with van der Waals surface area (Å²) in [4.78, 5) is 8.69. The van der Waals surface area contributed by atoms with Gasteiger partial charge in [0.15, 0.2) is 15.8 Å². The van der Waals surface area contributed by atoms with E-state index in [1.807, 2.05) is 18.2 Å². The number of nitrogens with zero attached hydrogens (tertiary/aromatic N) is 3. The van der Waals surface area contributed by atoms with Gasteiger partial charge in [-0.3, -0.25) is 4.99 Å². The van der Waals surface area contributed by atoms with Crippen molar-refractivity contribution in [3.05, 3.63) is 24.3 Å². The van der Waals surface area contributed by atoms with Gasteiger partial charge in [0.2, 0.25) is 0 Å². The number of rotatable bonds is 3. The summed E-state index contributed by atoms with van der Waals surface area (Å²) < 4.78 is 23.1. The lowest BCUT2D eigenvalue weighted by Crippen LogP contribution is -2.53. The van der Waals surface area contributed by atoms with Crippen LogP contribution in [0, 0.1) is 5.92 Å². The van der Waals surface area contributed by atoms with Crippen LogP contribution in [0.5, 0.6) is 5.75 Å². The zero-order valence-corrected chi connectivity index (χ0v) is 15.4. The molecule has 1 aromatic rings. The Morgan fingerprint density at radius 1 is 1.28 bits per heavy atom. The van der Waals surface area contributed by atoms with Gasteiger partial charge >= 0.3 is 0 Å². The van der Waals surface area contributed by atoms with Crippen LogP contribution in [-0.4, -0.2) is 75.7 Å². The molecule has 8 heteroatoms. The second-order valence-corrected chi connectivity index (χ2v) is 8.89. The molecule has 2 heterocycles. The lowest BCUT2D eigenvalue weighted by Gasteiger charge is -2.38. The largest absolute Gasteiger partial charge is 0.506 e. The molecular weight excluding hydrogens is 340 g/mol. The number of benzene rings is 1. The zero-order chi connectivity index (χ0) is 17.9. The van der Waals surface area contributed by atoms with Crippen LogP contribution in [0.2, 0.25) is 0 Å². The monoisotopic (exact) mass is 366 g/mol. The SMILES string of the molecule is CN=C(NCC1CCS(=O)(=O)C1)N1CCN(c2ccccc2O)CC1. The fourth-order valence-corrected chi connectivity index (χ4v) is 5.35. The van der Waals surface area contributed by atoms with E-state index in [1.165, 1.54) is 0 Å². The van der Waals surface area contributed by atoms with Gasteiger partial charge in [-0.15, -0.1) is 0 Å². The number of piperazine rings is 1. The average molecular weight is 366 g/mol. The lowest BCUT2D eigenvalue weighted by atomic mass is 10.1. The third-order valence-corrected chi connectivity index (χ3v) is 6.73. The molecule has 1 atom stereocenters. The summed E-state index contributed by atoms with van der Waals surface area (Å²) >= 11 is 0. The number of hydrogen-bond acceptors (Lipinski definition) is 5. The molecule has 1 unspecified atom stereocenters. The van der Waals surface area contributed by atoms with Crippen LogP contribution in [0.15, 0.2) is 29.3 Å². The number of para-hydroxylation sites is 2. The predicted octanol–water partition coefficient (Wildman–Crippen LogP) is 0.524. The van der Waals surface area contributed by atoms with Gasteiger partial charge in [-0.25, -0.2) is 8.42 Å². The van der Waals surface area contributed by atoms with Crippen molar-refractivity contribution in [1.29, 1.82) is 0 Å². The Balaban J connectivity index is 1.52. The Hall–Kier alpha value is -1.96. The number of anilines is 1. The number of phenols is 1. The quantitative estimate of drug-likeness (QED) is 0.599. The second kappa shape index (κ2) is 7.51. The topological polar surface area (TPSA) is 85.2 Å². The predicted molar refractivity (Wildman–Crippen MR) is 100 cm³/mol. The maximum atomic E-state index is 11.6. The molecule has 2 saturated heterocycles. The van der Waals surface area contributed by atoms with Crippen molar-refractivity contribution < 1.29 is 13.5 Å². The highest BCUT2D eigenvalue weighted by molar-refractivity contribution is 7.91. The van der Waals surface area contributed by atoms with Crippen molar-refractivity contribution in [2.45, 2.75) is 6.42 Å². The zero-order valence-electron chi connectivity index (χ0n) is 14.6. The molecule has 0 spiro atoms. The van der Waals surface area contributed by atoms with Gasteiger partial charge < -0.3 is 20.2 Å². The van der Waals surface area contributed by atoms with Crippen LogP contribution in [-0.2, 0) is 9.84 Å². The third-order valence-electron chi connectivity index (χ3n) is 4.89. The molecule has 0 aromatic heterocycles. The number of nitrogens with one attached hydrogen (secondary N) is 1. The van der Waals surface area contributed by atoms with Gasteiger partial charge in [-0.05, 0) is 24.5 Å². The lowest BCUT2D eigenvalue weighted by molar-refractivity contribution is 0.367. The standard InChI is InChI=1S/C17H26N4O3S/c1-18-17(19-12-14-6-11-25(23,24)13-14)21-9-7-20(8-10-21)15-4-2-3-5-16(15)22/h2-5,14,22H,6-13H2,1H3,(H,18,19). The molecule has 0 bridgehead atoms. The fraction of sp³-hybridized carbons (Fsp3) is 0.588. The molecule has 138 valence electrons. The van der Waals surface area contributed by atoms with Gasteiger partial charge in [-0.1, -0.05) is 12.1 Å². The van der Waals surface area contributed by atoms with E-state index in [4.69, 9.17) is 0 Å². The first kappa shape index (κ1) is 17.8. The van der Waals surface area contributed by atoms with E-state index in [0.29, 0.717) is 18.0 Å². The number of aromatic hydroxyl groups is 1. The number of hydrogen-bond donors (Lipinski definition) is 2. The van der Waals surface area contributed by atoms with E-state index in [1.54, 1.807) is 13.1 Å². The third kappa shape index (κ3) is 4.36. The fourth-order valence-electron chi connectivity index (χ4n) is 3.49. The summed E-state index contributed by atoms with van der Waals surface area (Å²) in [7, 11) is -1.09. The molecule has 7 nitrogen and oxygen atoms in total. The van der Waals surface area contributed by atoms with Gasteiger partial charge in [0.05, 0.1) is 17.2 Å². The molecule has 0 aliphatic carbocycles. The highest BCUT2D eigenvalue weighted by Gasteiger charge is 2.28. The Kier molecular flexibility index (Phi) is 5.36. The summed E-state index contributed by atoms with van der Waals surface area (Å²) in [6.45, 7) is 3.85. The Labute approximate surface area is 149 Å². The molecule has 25 heavy (non-hydrogen) atoms. The maximum Gasteiger partial charge on any atom is 0.193 e. The van der Waals surface area contributed by atoms with Gasteiger partial charge in [0.25, 0.3) is 0 Å². The van der Waals surface area contributed by atoms with Crippen molar-refractivity contribution in [2.75, 3.05) is 56.2 Å². The number of guanidine groups is 1. The van der Waals surface area contributed by atoms with Crippen LogP contribution in [0.25, 0.3) is 0 Å². The maximum absolute atomic E-state index is 11.6. The first-order valence-electron chi connectivity index (χ1n) is 8.67. The Morgan fingerprint density at radius 3 is 2.60 bits per heavy atom. The highest BCUT2D eigenvalue weighted by Crippen LogP contribution is 2.27. The van der Waals surface area contributed by atoms with Crippen molar-refractivity contribution >= 4 is 21.5 Å². The summed E-state index contributed by atoms with van der Waals surface area (Å²) in [6.07, 6.45) is 0.730. The van der Waals surface area contributed by atoms with Crippen LogP contribution in [0.1, 0.15) is 6.42 Å². The van der Waals surface area contributed by atoms with E-state index >= 15 is 0 Å². The Morgan fingerprint density at radius 2 is 2.00 bits per heavy atom. The van der Waals surface area contributed by atoms with Crippen molar-refractivity contribution in [1.82, 2.24) is 10.2 Å².